The Morgan fingerprint density at radius 2 is 2.00 bits per heavy atom. The van der Waals surface area contributed by atoms with E-state index in [1.165, 1.54) is 0 Å². The third-order valence-corrected chi connectivity index (χ3v) is 1.27. The van der Waals surface area contributed by atoms with E-state index in [9.17, 15) is 13.2 Å². The topological polar surface area (TPSA) is 86.1 Å². The molecule has 1 heterocycles. The van der Waals surface area contributed by atoms with Gasteiger partial charge in [-0.3, -0.25) is 4.98 Å². The Labute approximate surface area is 83.3 Å². The first kappa shape index (κ1) is 13.9. The first-order valence-electron chi connectivity index (χ1n) is 3.31. The predicted octanol–water partition coefficient (Wildman–Crippen LogP) is -0.178. The fraction of sp³-hybridized carbons (Fsp3) is 0.400. The second-order valence-electron chi connectivity index (χ2n) is 2.21. The van der Waals surface area contributed by atoms with Gasteiger partial charge in [0.25, 0.3) is 0 Å². The van der Waals surface area contributed by atoms with E-state index in [1.807, 2.05) is 34.5 Å². The number of halogens is 3. The summed E-state index contributed by atoms with van der Waals surface area (Å²) in [7, 11) is -3.69. The third kappa shape index (κ3) is 10.8. The molecule has 0 saturated heterocycles. The molecule has 0 aliphatic carbocycles. The monoisotopic (exact) mass is 248 g/mol. The number of hydrogen-bond donors (Lipinski definition) is 1. The number of imidazole rings is 1. The third-order valence-electron chi connectivity index (χ3n) is 0.881. The smallest absolute Gasteiger partial charge is 0.536 e. The highest BCUT2D eigenvalue weighted by Crippen LogP contribution is 2.17. The minimum absolute atomic E-state index is 1.88. The molecule has 0 radical (unpaired) electrons. The van der Waals surface area contributed by atoms with Gasteiger partial charge in [-0.15, -0.1) is 13.2 Å². The summed E-state index contributed by atoms with van der Waals surface area (Å²) in [4.78, 5) is 2.89. The molecule has 0 aliphatic heterocycles. The fourth-order valence-electron chi connectivity index (χ4n) is 0.480. The average molecular weight is 248 g/mol. The van der Waals surface area contributed by atoms with Crippen LogP contribution in [0.3, 0.4) is 0 Å². The van der Waals surface area contributed by atoms with E-state index in [2.05, 4.69) is 4.98 Å². The van der Waals surface area contributed by atoms with Crippen LogP contribution in [0.25, 0.3) is 0 Å². The zero-order valence-corrected chi connectivity index (χ0v) is 8.17. The number of aryl methyl sites for hydroxylation is 1. The van der Waals surface area contributed by atoms with Crippen LogP contribution >= 0.6 is 0 Å². The van der Waals surface area contributed by atoms with Gasteiger partial charge < -0.3 is 4.55 Å². The van der Waals surface area contributed by atoms with Crippen molar-refractivity contribution in [2.45, 2.75) is 6.36 Å². The maximum absolute atomic E-state index is 10.8. The Bertz CT molecular complexity index is 371. The molecule has 0 bridgehead atoms. The Kier molecular flexibility index (Phi) is 4.71. The highest BCUT2D eigenvalue weighted by atomic mass is 32.3. The molecule has 15 heavy (non-hydrogen) atoms. The zero-order valence-electron chi connectivity index (χ0n) is 7.35. The summed E-state index contributed by atoms with van der Waals surface area (Å²) in [6.45, 7) is 0. The molecular weight excluding hydrogens is 241 g/mol. The van der Waals surface area contributed by atoms with Crippen LogP contribution in [0.15, 0.2) is 18.7 Å². The van der Waals surface area contributed by atoms with Gasteiger partial charge in [-0.25, -0.2) is 13.0 Å². The van der Waals surface area contributed by atoms with Gasteiger partial charge in [0.15, 0.2) is 0 Å². The second-order valence-corrected chi connectivity index (χ2v) is 3.20. The number of hydrogen-bond acceptors (Lipinski definition) is 4. The van der Waals surface area contributed by atoms with Crippen LogP contribution in [0.4, 0.5) is 13.2 Å². The number of aromatic nitrogens is 2. The number of rotatable bonds is 1. The molecule has 0 amide bonds. The molecule has 1 aromatic heterocycles. The van der Waals surface area contributed by atoms with Crippen LogP contribution in [0.2, 0.25) is 0 Å². The summed E-state index contributed by atoms with van der Waals surface area (Å²) >= 11 is 0. The first-order chi connectivity index (χ1) is 6.60. The number of nitrogens with zero attached hydrogens (tertiary/aromatic N) is 1. The van der Waals surface area contributed by atoms with Gasteiger partial charge in [-0.1, -0.05) is 0 Å². The van der Waals surface area contributed by atoms with Crippen LogP contribution in [0, 0.1) is 0 Å². The van der Waals surface area contributed by atoms with Crippen LogP contribution in [0.5, 0.6) is 0 Å². The van der Waals surface area contributed by atoms with Crippen molar-refractivity contribution in [2.24, 2.45) is 7.05 Å². The standard InChI is InChI=1S/C4H6N2.CHF3O4S/c1-6-3-2-5-4-6;2-1(3,4)8-9(5,6)7/h2-4H,1H3;(H,5,6,7). The summed E-state index contributed by atoms with van der Waals surface area (Å²) in [6, 6.07) is 0. The summed E-state index contributed by atoms with van der Waals surface area (Å²) in [5.41, 5.74) is 0. The van der Waals surface area contributed by atoms with E-state index < -0.39 is 16.8 Å². The second kappa shape index (κ2) is 5.09. The Morgan fingerprint density at radius 1 is 1.47 bits per heavy atom. The van der Waals surface area contributed by atoms with Gasteiger partial charge in [-0.05, 0) is 0 Å². The number of H-pyrrole nitrogens is 1. The van der Waals surface area contributed by atoms with Crippen molar-refractivity contribution in [1.82, 2.24) is 4.98 Å². The average Bonchev–Trinajstić information content (AvgIpc) is 2.31. The van der Waals surface area contributed by atoms with Gasteiger partial charge >= 0.3 is 6.36 Å². The molecule has 1 rings (SSSR count). The Hall–Kier alpha value is -1.13. The van der Waals surface area contributed by atoms with Crippen molar-refractivity contribution in [2.75, 3.05) is 0 Å². The molecule has 0 saturated carbocycles. The Balaban J connectivity index is 0.000000280. The van der Waals surface area contributed by atoms with Crippen molar-refractivity contribution in [1.29, 1.82) is 0 Å². The minimum atomic E-state index is -5.66. The number of nitrogens with one attached hydrogen (secondary N) is 1. The van der Waals surface area contributed by atoms with E-state index in [0.717, 1.165) is 0 Å². The van der Waals surface area contributed by atoms with Gasteiger partial charge in [0.05, 0.1) is 7.05 Å². The molecule has 1 aromatic rings. The van der Waals surface area contributed by atoms with Crippen LogP contribution in [-0.4, -0.2) is 24.3 Å². The maximum atomic E-state index is 10.8. The minimum Gasteiger partial charge on any atom is -0.725 e. The maximum Gasteiger partial charge on any atom is 0.536 e. The van der Waals surface area contributed by atoms with E-state index in [4.69, 9.17) is 13.0 Å². The lowest BCUT2D eigenvalue weighted by Gasteiger charge is -2.08. The highest BCUT2D eigenvalue weighted by Gasteiger charge is 2.32. The van der Waals surface area contributed by atoms with Crippen molar-refractivity contribution >= 4 is 10.4 Å². The van der Waals surface area contributed by atoms with Gasteiger partial charge in [0, 0.05) is 0 Å². The number of alkyl halides is 3. The molecule has 0 aromatic carbocycles. The molecule has 88 valence electrons. The summed E-state index contributed by atoms with van der Waals surface area (Å²) in [6.07, 6.45) is 0.278. The zero-order chi connectivity index (χ0) is 12.1. The van der Waals surface area contributed by atoms with Crippen molar-refractivity contribution in [3.63, 3.8) is 0 Å². The molecule has 0 spiro atoms. The normalized spacial score (nSPS) is 11.8. The summed E-state index contributed by atoms with van der Waals surface area (Å²) in [5.74, 6) is 0. The van der Waals surface area contributed by atoms with Crippen LogP contribution < -0.4 is 4.57 Å². The molecule has 0 fully saturated rings. The van der Waals surface area contributed by atoms with E-state index in [0.29, 0.717) is 0 Å². The van der Waals surface area contributed by atoms with E-state index in [-0.39, 0.29) is 0 Å². The van der Waals surface area contributed by atoms with Gasteiger partial charge in [-0.2, -0.15) is 4.18 Å². The lowest BCUT2D eigenvalue weighted by atomic mass is 10.9. The molecule has 0 atom stereocenters. The first-order valence-corrected chi connectivity index (χ1v) is 4.65. The van der Waals surface area contributed by atoms with Gasteiger partial charge in [0.1, 0.15) is 12.4 Å². The van der Waals surface area contributed by atoms with Crippen LogP contribution in [-0.2, 0) is 21.6 Å². The number of aromatic amines is 1. The molecule has 6 nitrogen and oxygen atoms in total. The SMILES string of the molecule is C[n+]1cc[nH]c1.O=S(=O)([O-])OC(F)(F)F. The summed E-state index contributed by atoms with van der Waals surface area (Å²) < 4.78 is 63.7. The molecule has 0 aliphatic rings. The molecular formula is C5H7F3N2O4S. The van der Waals surface area contributed by atoms with Crippen molar-refractivity contribution in [3.8, 4) is 0 Å². The Morgan fingerprint density at radius 3 is 2.07 bits per heavy atom. The van der Waals surface area contributed by atoms with E-state index in [1.54, 1.807) is 0 Å². The lowest BCUT2D eigenvalue weighted by molar-refractivity contribution is -0.670. The molecule has 1 N–H and O–H groups in total. The highest BCUT2D eigenvalue weighted by molar-refractivity contribution is 7.80. The molecule has 0 unspecified atom stereocenters. The largest absolute Gasteiger partial charge is 0.725 e. The molecule has 10 heteroatoms. The quantitative estimate of drug-likeness (QED) is 0.424. The van der Waals surface area contributed by atoms with Gasteiger partial charge in [0.2, 0.25) is 16.7 Å². The van der Waals surface area contributed by atoms with Crippen molar-refractivity contribution < 1.29 is 34.9 Å². The predicted molar refractivity (Wildman–Crippen MR) is 38.8 cm³/mol. The van der Waals surface area contributed by atoms with Crippen LogP contribution in [0.1, 0.15) is 0 Å². The fourth-order valence-corrected chi connectivity index (χ4v) is 0.711. The summed E-state index contributed by atoms with van der Waals surface area (Å²) in [5, 5.41) is 0. The van der Waals surface area contributed by atoms with E-state index >= 15 is 0 Å². The van der Waals surface area contributed by atoms with Crippen molar-refractivity contribution in [3.05, 3.63) is 18.7 Å². The lowest BCUT2D eigenvalue weighted by Crippen LogP contribution is -2.22.